The molecule has 1 aliphatic rings. The van der Waals surface area contributed by atoms with Gasteiger partial charge in [0.1, 0.15) is 0 Å². The van der Waals surface area contributed by atoms with Gasteiger partial charge in [0.05, 0.1) is 6.04 Å². The monoisotopic (exact) mass is 252 g/mol. The fraction of sp³-hybridized carbons (Fsp3) is 0.615. The van der Waals surface area contributed by atoms with Gasteiger partial charge in [0.25, 0.3) is 0 Å². The second-order valence-electron chi connectivity index (χ2n) is 4.70. The van der Waals surface area contributed by atoms with Crippen molar-refractivity contribution in [3.63, 3.8) is 0 Å². The summed E-state index contributed by atoms with van der Waals surface area (Å²) >= 11 is 1.69. The maximum atomic E-state index is 11.9. The fourth-order valence-electron chi connectivity index (χ4n) is 2.26. The van der Waals surface area contributed by atoms with Crippen molar-refractivity contribution in [1.29, 1.82) is 0 Å². The lowest BCUT2D eigenvalue weighted by atomic mass is 9.94. The van der Waals surface area contributed by atoms with Gasteiger partial charge in [-0.1, -0.05) is 6.07 Å². The summed E-state index contributed by atoms with van der Waals surface area (Å²) in [6, 6.07) is 4.24. The minimum absolute atomic E-state index is 0.143. The summed E-state index contributed by atoms with van der Waals surface area (Å²) in [6.07, 6.45) is 2.93. The van der Waals surface area contributed by atoms with E-state index in [1.54, 1.807) is 11.3 Å². The number of hydrogen-bond acceptors (Lipinski definition) is 3. The predicted molar refractivity (Wildman–Crippen MR) is 71.1 cm³/mol. The van der Waals surface area contributed by atoms with E-state index in [0.29, 0.717) is 12.3 Å². The second kappa shape index (κ2) is 6.17. The van der Waals surface area contributed by atoms with E-state index in [2.05, 4.69) is 16.7 Å². The first-order chi connectivity index (χ1) is 8.25. The molecule has 1 aromatic heterocycles. The van der Waals surface area contributed by atoms with Gasteiger partial charge in [-0.05, 0) is 50.2 Å². The third-order valence-electron chi connectivity index (χ3n) is 3.28. The van der Waals surface area contributed by atoms with E-state index in [-0.39, 0.29) is 11.9 Å². The van der Waals surface area contributed by atoms with Gasteiger partial charge in [-0.15, -0.1) is 11.3 Å². The number of thiophene rings is 1. The van der Waals surface area contributed by atoms with Crippen LogP contribution in [0.25, 0.3) is 0 Å². The Kier molecular flexibility index (Phi) is 4.57. The van der Waals surface area contributed by atoms with Crippen molar-refractivity contribution < 1.29 is 4.79 Å². The lowest BCUT2D eigenvalue weighted by Gasteiger charge is -2.22. The molecule has 1 fully saturated rings. The largest absolute Gasteiger partial charge is 0.349 e. The van der Waals surface area contributed by atoms with E-state index in [9.17, 15) is 4.79 Å². The summed E-state index contributed by atoms with van der Waals surface area (Å²) in [6.45, 7) is 4.16. The van der Waals surface area contributed by atoms with Crippen LogP contribution in [0, 0.1) is 5.92 Å². The van der Waals surface area contributed by atoms with Crippen molar-refractivity contribution >= 4 is 17.2 Å². The van der Waals surface area contributed by atoms with Gasteiger partial charge in [-0.25, -0.2) is 0 Å². The minimum Gasteiger partial charge on any atom is -0.349 e. The van der Waals surface area contributed by atoms with Crippen LogP contribution in [-0.4, -0.2) is 19.0 Å². The number of rotatable bonds is 4. The molecule has 94 valence electrons. The van der Waals surface area contributed by atoms with Gasteiger partial charge in [0.15, 0.2) is 0 Å². The summed E-state index contributed by atoms with van der Waals surface area (Å²) in [5.41, 5.74) is 0. The van der Waals surface area contributed by atoms with Crippen LogP contribution in [0.4, 0.5) is 0 Å². The summed E-state index contributed by atoms with van der Waals surface area (Å²) in [5, 5.41) is 8.45. The summed E-state index contributed by atoms with van der Waals surface area (Å²) in [5.74, 6) is 0.754. The Morgan fingerprint density at radius 2 is 2.35 bits per heavy atom. The molecule has 0 bridgehead atoms. The number of nitrogens with one attached hydrogen (secondary N) is 2. The number of piperidine rings is 1. The van der Waals surface area contributed by atoms with Crippen LogP contribution in [0.2, 0.25) is 0 Å². The van der Waals surface area contributed by atoms with Crippen molar-refractivity contribution in [3.05, 3.63) is 22.4 Å². The highest BCUT2D eigenvalue weighted by atomic mass is 32.1. The van der Waals surface area contributed by atoms with E-state index in [1.807, 2.05) is 18.4 Å². The highest BCUT2D eigenvalue weighted by molar-refractivity contribution is 7.10. The number of amides is 1. The van der Waals surface area contributed by atoms with Crippen LogP contribution in [0.3, 0.4) is 0 Å². The Labute approximate surface area is 107 Å². The number of carbonyl (C=O) groups is 1. The molecule has 0 spiro atoms. The minimum atomic E-state index is 0.143. The molecule has 1 amide bonds. The lowest BCUT2D eigenvalue weighted by Crippen LogP contribution is -2.33. The fourth-order valence-corrected chi connectivity index (χ4v) is 2.99. The van der Waals surface area contributed by atoms with E-state index < -0.39 is 0 Å². The molecule has 1 unspecified atom stereocenters. The summed E-state index contributed by atoms with van der Waals surface area (Å²) in [7, 11) is 0. The average molecular weight is 252 g/mol. The summed E-state index contributed by atoms with van der Waals surface area (Å²) in [4.78, 5) is 13.1. The van der Waals surface area contributed by atoms with Gasteiger partial charge in [-0.3, -0.25) is 4.79 Å². The zero-order chi connectivity index (χ0) is 12.1. The molecule has 0 aliphatic carbocycles. The molecule has 1 aliphatic heterocycles. The number of hydrogen-bond donors (Lipinski definition) is 2. The van der Waals surface area contributed by atoms with Crippen LogP contribution in [0.15, 0.2) is 17.5 Å². The molecule has 17 heavy (non-hydrogen) atoms. The van der Waals surface area contributed by atoms with Crippen molar-refractivity contribution in [2.75, 3.05) is 13.1 Å². The van der Waals surface area contributed by atoms with E-state index in [1.165, 1.54) is 4.88 Å². The Balaban J connectivity index is 1.76. The molecular weight excluding hydrogens is 232 g/mol. The van der Waals surface area contributed by atoms with Crippen LogP contribution < -0.4 is 10.6 Å². The third-order valence-corrected chi connectivity index (χ3v) is 4.34. The molecular formula is C13H20N2OS. The summed E-state index contributed by atoms with van der Waals surface area (Å²) < 4.78 is 0. The number of carbonyl (C=O) groups excluding carboxylic acids is 1. The molecule has 0 saturated carbocycles. The molecule has 3 nitrogen and oxygen atoms in total. The maximum absolute atomic E-state index is 11.9. The molecule has 1 saturated heterocycles. The van der Waals surface area contributed by atoms with Gasteiger partial charge >= 0.3 is 0 Å². The zero-order valence-corrected chi connectivity index (χ0v) is 11.1. The quantitative estimate of drug-likeness (QED) is 0.863. The predicted octanol–water partition coefficient (Wildman–Crippen LogP) is 2.32. The normalized spacial score (nSPS) is 18.9. The third kappa shape index (κ3) is 3.82. The Hall–Kier alpha value is -0.870. The van der Waals surface area contributed by atoms with Gasteiger partial charge in [0.2, 0.25) is 5.91 Å². The molecule has 1 atom stereocenters. The van der Waals surface area contributed by atoms with Gasteiger partial charge < -0.3 is 10.6 Å². The lowest BCUT2D eigenvalue weighted by molar-refractivity contribution is -0.122. The molecule has 0 aromatic carbocycles. The Bertz CT molecular complexity index is 344. The van der Waals surface area contributed by atoms with Gasteiger partial charge in [-0.2, -0.15) is 0 Å². The van der Waals surface area contributed by atoms with Gasteiger partial charge in [0, 0.05) is 11.3 Å². The van der Waals surface area contributed by atoms with E-state index >= 15 is 0 Å². The maximum Gasteiger partial charge on any atom is 0.220 e. The van der Waals surface area contributed by atoms with Crippen LogP contribution in [0.5, 0.6) is 0 Å². The van der Waals surface area contributed by atoms with Crippen molar-refractivity contribution in [3.8, 4) is 0 Å². The first kappa shape index (κ1) is 12.6. The first-order valence-corrected chi connectivity index (χ1v) is 7.17. The smallest absolute Gasteiger partial charge is 0.220 e. The highest BCUT2D eigenvalue weighted by Gasteiger charge is 2.18. The molecule has 1 aromatic rings. The van der Waals surface area contributed by atoms with E-state index in [4.69, 9.17) is 0 Å². The molecule has 2 rings (SSSR count). The average Bonchev–Trinajstić information content (AvgIpc) is 2.83. The Morgan fingerprint density at radius 3 is 3.00 bits per heavy atom. The van der Waals surface area contributed by atoms with E-state index in [0.717, 1.165) is 25.9 Å². The SMILES string of the molecule is CC(NC(=O)CC1CCNCC1)c1cccs1. The molecule has 0 radical (unpaired) electrons. The molecule has 2 N–H and O–H groups in total. The van der Waals surface area contributed by atoms with Crippen LogP contribution in [-0.2, 0) is 4.79 Å². The topological polar surface area (TPSA) is 41.1 Å². The van der Waals surface area contributed by atoms with Crippen LogP contribution >= 0.6 is 11.3 Å². The van der Waals surface area contributed by atoms with Crippen LogP contribution in [0.1, 0.15) is 37.1 Å². The zero-order valence-electron chi connectivity index (χ0n) is 10.2. The first-order valence-electron chi connectivity index (χ1n) is 6.29. The second-order valence-corrected chi connectivity index (χ2v) is 5.68. The van der Waals surface area contributed by atoms with Crippen molar-refractivity contribution in [1.82, 2.24) is 10.6 Å². The van der Waals surface area contributed by atoms with Crippen molar-refractivity contribution in [2.45, 2.75) is 32.2 Å². The Morgan fingerprint density at radius 1 is 1.59 bits per heavy atom. The molecule has 4 heteroatoms. The molecule has 2 heterocycles. The van der Waals surface area contributed by atoms with Crippen molar-refractivity contribution in [2.24, 2.45) is 5.92 Å². The highest BCUT2D eigenvalue weighted by Crippen LogP contribution is 2.20. The standard InChI is InChI=1S/C13H20N2OS/c1-10(12-3-2-8-17-12)15-13(16)9-11-4-6-14-7-5-11/h2-3,8,10-11,14H,4-7,9H2,1H3,(H,15,16).